The van der Waals surface area contributed by atoms with E-state index in [0.29, 0.717) is 19.7 Å². The summed E-state index contributed by atoms with van der Waals surface area (Å²) in [5, 5.41) is 14.3. The average Bonchev–Trinajstić information content (AvgIpc) is 2.44. The Morgan fingerprint density at radius 2 is 2.14 bits per heavy atom. The predicted octanol–water partition coefficient (Wildman–Crippen LogP) is -1.20. The molecular formula is C13H23N3O5. The molecule has 2 atom stereocenters. The second-order valence-electron chi connectivity index (χ2n) is 4.97. The summed E-state index contributed by atoms with van der Waals surface area (Å²) in [4.78, 5) is 36.1. The topological polar surface area (TPSA) is 108 Å². The molecule has 0 aromatic rings. The smallest absolute Gasteiger partial charge is 0.327 e. The Morgan fingerprint density at radius 3 is 2.71 bits per heavy atom. The standard InChI is InChI=1S/C13H23N3O5/c1-3-4-14-12(18)11-8-21-6-5-16(11)7-10(13(19)20)15-9(2)17/h10-11H,3-8H2,1-2H3,(H,14,18)(H,15,17)(H,19,20). The molecule has 8 nitrogen and oxygen atoms in total. The molecule has 1 saturated heterocycles. The fourth-order valence-corrected chi connectivity index (χ4v) is 2.13. The Bertz CT molecular complexity index is 388. The minimum absolute atomic E-state index is 0.0719. The molecule has 1 rings (SSSR count). The van der Waals surface area contributed by atoms with Crippen LogP contribution in [-0.2, 0) is 19.1 Å². The fraction of sp³-hybridized carbons (Fsp3) is 0.769. The molecule has 0 saturated carbocycles. The van der Waals surface area contributed by atoms with Gasteiger partial charge in [0.1, 0.15) is 12.1 Å². The highest BCUT2D eigenvalue weighted by Gasteiger charge is 2.32. The zero-order chi connectivity index (χ0) is 15.8. The average molecular weight is 301 g/mol. The van der Waals surface area contributed by atoms with Crippen molar-refractivity contribution in [1.29, 1.82) is 0 Å². The highest BCUT2D eigenvalue weighted by molar-refractivity contribution is 5.83. The van der Waals surface area contributed by atoms with Crippen LogP contribution in [0.5, 0.6) is 0 Å². The van der Waals surface area contributed by atoms with E-state index in [9.17, 15) is 14.4 Å². The summed E-state index contributed by atoms with van der Waals surface area (Å²) in [6.07, 6.45) is 0.822. The van der Waals surface area contributed by atoms with Gasteiger partial charge in [-0.3, -0.25) is 14.5 Å². The number of morpholine rings is 1. The predicted molar refractivity (Wildman–Crippen MR) is 74.7 cm³/mol. The van der Waals surface area contributed by atoms with Gasteiger partial charge in [0.15, 0.2) is 0 Å². The lowest BCUT2D eigenvalue weighted by molar-refractivity contribution is -0.144. The first kappa shape index (κ1) is 17.4. The summed E-state index contributed by atoms with van der Waals surface area (Å²) in [6.45, 7) is 4.96. The minimum Gasteiger partial charge on any atom is -0.480 e. The number of carboxylic acid groups (broad SMARTS) is 1. The Balaban J connectivity index is 2.68. The molecule has 0 spiro atoms. The van der Waals surface area contributed by atoms with Gasteiger partial charge in [0.05, 0.1) is 13.2 Å². The van der Waals surface area contributed by atoms with E-state index in [0.717, 1.165) is 6.42 Å². The third-order valence-electron chi connectivity index (χ3n) is 3.18. The molecule has 0 aromatic carbocycles. The molecule has 0 bridgehead atoms. The van der Waals surface area contributed by atoms with Crippen LogP contribution >= 0.6 is 0 Å². The largest absolute Gasteiger partial charge is 0.480 e. The summed E-state index contributed by atoms with van der Waals surface area (Å²) in [6, 6.07) is -1.57. The number of amides is 2. The molecule has 0 aromatic heterocycles. The lowest BCUT2D eigenvalue weighted by Gasteiger charge is -2.35. The highest BCUT2D eigenvalue weighted by Crippen LogP contribution is 2.08. The molecule has 8 heteroatoms. The van der Waals surface area contributed by atoms with Crippen LogP contribution in [0.15, 0.2) is 0 Å². The molecule has 1 aliphatic rings. The number of carboxylic acids is 1. The van der Waals surface area contributed by atoms with Crippen LogP contribution in [0.1, 0.15) is 20.3 Å². The van der Waals surface area contributed by atoms with Gasteiger partial charge in [0.25, 0.3) is 0 Å². The summed E-state index contributed by atoms with van der Waals surface area (Å²) in [5.74, 6) is -1.71. The number of nitrogens with zero attached hydrogens (tertiary/aromatic N) is 1. The van der Waals surface area contributed by atoms with E-state index in [1.807, 2.05) is 6.92 Å². The van der Waals surface area contributed by atoms with Crippen LogP contribution in [0.2, 0.25) is 0 Å². The van der Waals surface area contributed by atoms with Crippen molar-refractivity contribution in [1.82, 2.24) is 15.5 Å². The van der Waals surface area contributed by atoms with Crippen molar-refractivity contribution in [3.05, 3.63) is 0 Å². The normalized spacial score (nSPS) is 20.6. The maximum absolute atomic E-state index is 12.1. The first-order chi connectivity index (χ1) is 9.95. The van der Waals surface area contributed by atoms with Crippen molar-refractivity contribution in [2.75, 3.05) is 32.8 Å². The number of aliphatic carboxylic acids is 1. The van der Waals surface area contributed by atoms with E-state index in [1.54, 1.807) is 4.90 Å². The lowest BCUT2D eigenvalue weighted by Crippen LogP contribution is -2.58. The fourth-order valence-electron chi connectivity index (χ4n) is 2.13. The van der Waals surface area contributed by atoms with Crippen molar-refractivity contribution < 1.29 is 24.2 Å². The summed E-state index contributed by atoms with van der Waals surface area (Å²) in [7, 11) is 0. The lowest BCUT2D eigenvalue weighted by atomic mass is 10.1. The van der Waals surface area contributed by atoms with Gasteiger partial charge >= 0.3 is 5.97 Å². The highest BCUT2D eigenvalue weighted by atomic mass is 16.5. The van der Waals surface area contributed by atoms with Crippen molar-refractivity contribution in [2.24, 2.45) is 0 Å². The van der Waals surface area contributed by atoms with Crippen LogP contribution < -0.4 is 10.6 Å². The molecule has 2 unspecified atom stereocenters. The molecule has 2 amide bonds. The monoisotopic (exact) mass is 301 g/mol. The minimum atomic E-state index is -1.12. The van der Waals surface area contributed by atoms with E-state index in [1.165, 1.54) is 6.92 Å². The van der Waals surface area contributed by atoms with Crippen LogP contribution in [0.25, 0.3) is 0 Å². The SMILES string of the molecule is CCCNC(=O)C1COCCN1CC(NC(C)=O)C(=O)O. The maximum Gasteiger partial charge on any atom is 0.327 e. The van der Waals surface area contributed by atoms with Crippen molar-refractivity contribution in [2.45, 2.75) is 32.4 Å². The van der Waals surface area contributed by atoms with Gasteiger partial charge < -0.3 is 20.5 Å². The van der Waals surface area contributed by atoms with Gasteiger partial charge in [-0.15, -0.1) is 0 Å². The van der Waals surface area contributed by atoms with Crippen LogP contribution in [-0.4, -0.2) is 72.7 Å². The van der Waals surface area contributed by atoms with E-state index in [2.05, 4.69) is 10.6 Å². The van der Waals surface area contributed by atoms with E-state index >= 15 is 0 Å². The Kier molecular flexibility index (Phi) is 7.10. The first-order valence-corrected chi connectivity index (χ1v) is 7.05. The molecule has 1 fully saturated rings. The van der Waals surface area contributed by atoms with E-state index < -0.39 is 24.0 Å². The zero-order valence-electron chi connectivity index (χ0n) is 12.4. The molecule has 0 aliphatic carbocycles. The molecule has 3 N–H and O–H groups in total. The van der Waals surface area contributed by atoms with E-state index in [4.69, 9.17) is 9.84 Å². The maximum atomic E-state index is 12.1. The molecule has 1 aliphatic heterocycles. The number of ether oxygens (including phenoxy) is 1. The molecule has 0 radical (unpaired) electrons. The molecule has 1 heterocycles. The second kappa shape index (κ2) is 8.58. The quantitative estimate of drug-likeness (QED) is 0.545. The van der Waals surface area contributed by atoms with Crippen molar-refractivity contribution in [3.8, 4) is 0 Å². The third kappa shape index (κ3) is 5.68. The van der Waals surface area contributed by atoms with Crippen LogP contribution in [0.4, 0.5) is 0 Å². The summed E-state index contributed by atoms with van der Waals surface area (Å²) in [5.41, 5.74) is 0. The zero-order valence-corrected chi connectivity index (χ0v) is 12.4. The second-order valence-corrected chi connectivity index (χ2v) is 4.97. The summed E-state index contributed by atoms with van der Waals surface area (Å²) >= 11 is 0. The molecular weight excluding hydrogens is 278 g/mol. The number of rotatable bonds is 7. The third-order valence-corrected chi connectivity index (χ3v) is 3.18. The number of carbonyl (C=O) groups is 3. The van der Waals surface area contributed by atoms with Crippen LogP contribution in [0, 0.1) is 0 Å². The number of carbonyl (C=O) groups excluding carboxylic acids is 2. The van der Waals surface area contributed by atoms with Gasteiger partial charge in [0.2, 0.25) is 11.8 Å². The number of hydrogen-bond acceptors (Lipinski definition) is 5. The molecule has 120 valence electrons. The summed E-state index contributed by atoms with van der Waals surface area (Å²) < 4.78 is 5.30. The van der Waals surface area contributed by atoms with Gasteiger partial charge in [0, 0.05) is 26.6 Å². The number of hydrogen-bond donors (Lipinski definition) is 3. The van der Waals surface area contributed by atoms with Crippen molar-refractivity contribution in [3.63, 3.8) is 0 Å². The van der Waals surface area contributed by atoms with Crippen molar-refractivity contribution >= 4 is 17.8 Å². The Hall–Kier alpha value is -1.67. The first-order valence-electron chi connectivity index (χ1n) is 7.05. The van der Waals surface area contributed by atoms with Gasteiger partial charge in [-0.05, 0) is 6.42 Å². The number of nitrogens with one attached hydrogen (secondary N) is 2. The Labute approximate surface area is 123 Å². The van der Waals surface area contributed by atoms with Gasteiger partial charge in [-0.2, -0.15) is 0 Å². The van der Waals surface area contributed by atoms with Crippen LogP contribution in [0.3, 0.4) is 0 Å². The van der Waals surface area contributed by atoms with Gasteiger partial charge in [-0.1, -0.05) is 6.92 Å². The molecule has 21 heavy (non-hydrogen) atoms. The van der Waals surface area contributed by atoms with E-state index in [-0.39, 0.29) is 19.1 Å². The Morgan fingerprint density at radius 1 is 1.43 bits per heavy atom. The van der Waals surface area contributed by atoms with Gasteiger partial charge in [-0.25, -0.2) is 4.79 Å².